The van der Waals surface area contributed by atoms with Crippen LogP contribution in [0.5, 0.6) is 17.2 Å². The van der Waals surface area contributed by atoms with Crippen molar-refractivity contribution < 1.29 is 14.2 Å². The van der Waals surface area contributed by atoms with E-state index >= 15 is 0 Å². The van der Waals surface area contributed by atoms with Crippen molar-refractivity contribution in [3.8, 4) is 17.2 Å². The van der Waals surface area contributed by atoms with Crippen molar-refractivity contribution in [3.05, 3.63) is 51.9 Å². The number of unbranched alkanes of at least 4 members (excludes halogenated alkanes) is 5. The molecule has 1 aromatic heterocycles. The summed E-state index contributed by atoms with van der Waals surface area (Å²) in [5.41, 5.74) is 3.25. The molecule has 5 nitrogen and oxygen atoms in total. The van der Waals surface area contributed by atoms with Gasteiger partial charge in [0.1, 0.15) is 12.4 Å². The van der Waals surface area contributed by atoms with Gasteiger partial charge in [0.2, 0.25) is 5.75 Å². The lowest BCUT2D eigenvalue weighted by molar-refractivity contribution is 0.227. The van der Waals surface area contributed by atoms with Crippen LogP contribution in [0.25, 0.3) is 10.9 Å². The molecule has 0 aliphatic carbocycles. The van der Waals surface area contributed by atoms with E-state index in [9.17, 15) is 4.79 Å². The number of fused-ring (bicyclic) bond motifs is 1. The Morgan fingerprint density at radius 3 is 2.39 bits per heavy atom. The third kappa shape index (κ3) is 9.07. The SMILES string of the molecule is CCCCCCCCn1c(=O)c(OC/C=C(\C)CCC=C(C)C)c(OC(C)C)c2ccc(OC)cc21. The van der Waals surface area contributed by atoms with Crippen molar-refractivity contribution >= 4 is 10.9 Å². The molecule has 0 atom stereocenters. The number of allylic oxidation sites excluding steroid dienone is 3. The normalized spacial score (nSPS) is 11.7. The predicted octanol–water partition coefficient (Wildman–Crippen LogP) is 8.23. The Morgan fingerprint density at radius 1 is 1.00 bits per heavy atom. The van der Waals surface area contributed by atoms with Gasteiger partial charge in [-0.05, 0) is 72.1 Å². The van der Waals surface area contributed by atoms with E-state index < -0.39 is 0 Å². The zero-order valence-electron chi connectivity index (χ0n) is 23.6. The number of ether oxygens (including phenoxy) is 3. The van der Waals surface area contributed by atoms with E-state index in [2.05, 4.69) is 39.8 Å². The van der Waals surface area contributed by atoms with E-state index in [4.69, 9.17) is 14.2 Å². The molecular formula is C31H47NO4. The van der Waals surface area contributed by atoms with E-state index in [0.29, 0.717) is 24.7 Å². The van der Waals surface area contributed by atoms with Crippen LogP contribution in [-0.4, -0.2) is 24.4 Å². The van der Waals surface area contributed by atoms with Crippen molar-refractivity contribution in [1.82, 2.24) is 4.57 Å². The maximum absolute atomic E-state index is 13.8. The standard InChI is InChI=1S/C31H47NO4/c1-8-9-10-11-12-13-20-32-28-22-26(34-7)17-18-27(28)29(36-24(4)5)30(31(32)33)35-21-19-25(6)16-14-15-23(2)3/h15,17-19,22,24H,8-14,16,20-21H2,1-7H3/b25-19+. The zero-order chi connectivity index (χ0) is 26.5. The molecule has 0 aliphatic heterocycles. The molecule has 5 heteroatoms. The summed E-state index contributed by atoms with van der Waals surface area (Å²) in [4.78, 5) is 13.8. The smallest absolute Gasteiger partial charge is 0.297 e. The fourth-order valence-electron chi connectivity index (χ4n) is 4.22. The summed E-state index contributed by atoms with van der Waals surface area (Å²) in [6.07, 6.45) is 13.2. The molecule has 0 amide bonds. The molecule has 0 radical (unpaired) electrons. The first-order valence-corrected chi connectivity index (χ1v) is 13.6. The minimum absolute atomic E-state index is 0.0900. The minimum atomic E-state index is -0.143. The van der Waals surface area contributed by atoms with Crippen LogP contribution in [0, 0.1) is 0 Å². The molecule has 1 aromatic carbocycles. The number of aryl methyl sites for hydroxylation is 1. The Labute approximate surface area is 218 Å². The molecule has 36 heavy (non-hydrogen) atoms. The molecule has 2 rings (SSSR count). The second kappa shape index (κ2) is 15.4. The first kappa shape index (κ1) is 29.5. The van der Waals surface area contributed by atoms with Crippen LogP contribution < -0.4 is 19.8 Å². The highest BCUT2D eigenvalue weighted by Crippen LogP contribution is 2.35. The maximum atomic E-state index is 13.8. The fourth-order valence-corrected chi connectivity index (χ4v) is 4.22. The number of hydrogen-bond acceptors (Lipinski definition) is 4. The summed E-state index contributed by atoms with van der Waals surface area (Å²) in [6, 6.07) is 5.81. The fraction of sp³-hybridized carbons (Fsp3) is 0.581. The van der Waals surface area contributed by atoms with Gasteiger partial charge in [-0.15, -0.1) is 0 Å². The summed E-state index contributed by atoms with van der Waals surface area (Å²) in [7, 11) is 1.65. The summed E-state index contributed by atoms with van der Waals surface area (Å²) in [5, 5.41) is 0.870. The lowest BCUT2D eigenvalue weighted by Crippen LogP contribution is -2.25. The quantitative estimate of drug-likeness (QED) is 0.173. The van der Waals surface area contributed by atoms with Crippen molar-refractivity contribution in [2.75, 3.05) is 13.7 Å². The molecule has 1 heterocycles. The topological polar surface area (TPSA) is 49.7 Å². The number of methoxy groups -OCH3 is 1. The molecule has 0 aliphatic rings. The number of hydrogen-bond donors (Lipinski definition) is 0. The lowest BCUT2D eigenvalue weighted by atomic mass is 10.1. The molecular weight excluding hydrogens is 450 g/mol. The van der Waals surface area contributed by atoms with E-state index in [1.54, 1.807) is 7.11 Å². The molecule has 0 saturated heterocycles. The summed E-state index contributed by atoms with van der Waals surface area (Å²) in [6.45, 7) is 13.5. The van der Waals surface area contributed by atoms with E-state index in [1.165, 1.54) is 36.8 Å². The highest BCUT2D eigenvalue weighted by atomic mass is 16.5. The first-order chi connectivity index (χ1) is 17.3. The Hall–Kier alpha value is -2.69. The summed E-state index contributed by atoms with van der Waals surface area (Å²) < 4.78 is 19.6. The maximum Gasteiger partial charge on any atom is 0.297 e. The van der Waals surface area contributed by atoms with E-state index in [0.717, 1.165) is 42.3 Å². The monoisotopic (exact) mass is 497 g/mol. The van der Waals surface area contributed by atoms with Crippen LogP contribution in [0.15, 0.2) is 46.3 Å². The van der Waals surface area contributed by atoms with Gasteiger partial charge in [-0.2, -0.15) is 0 Å². The average molecular weight is 498 g/mol. The number of nitrogens with zero attached hydrogens (tertiary/aromatic N) is 1. The van der Waals surface area contributed by atoms with Gasteiger partial charge in [0.15, 0.2) is 5.75 Å². The molecule has 0 bridgehead atoms. The Kier molecular flexibility index (Phi) is 12.7. The molecule has 0 saturated carbocycles. The molecule has 0 unspecified atom stereocenters. The van der Waals surface area contributed by atoms with Crippen molar-refractivity contribution in [2.45, 2.75) is 106 Å². The van der Waals surface area contributed by atoms with Crippen LogP contribution >= 0.6 is 0 Å². The molecule has 0 fully saturated rings. The molecule has 200 valence electrons. The summed E-state index contributed by atoms with van der Waals surface area (Å²) in [5.74, 6) is 1.53. The summed E-state index contributed by atoms with van der Waals surface area (Å²) >= 11 is 0. The van der Waals surface area contributed by atoms with Gasteiger partial charge >= 0.3 is 0 Å². The Balaban J connectivity index is 2.40. The van der Waals surface area contributed by atoms with E-state index in [1.807, 2.05) is 36.6 Å². The highest BCUT2D eigenvalue weighted by Gasteiger charge is 2.21. The van der Waals surface area contributed by atoms with Crippen molar-refractivity contribution in [3.63, 3.8) is 0 Å². The van der Waals surface area contributed by atoms with Crippen LogP contribution in [0.1, 0.15) is 92.9 Å². The van der Waals surface area contributed by atoms with Crippen molar-refractivity contribution in [2.24, 2.45) is 0 Å². The van der Waals surface area contributed by atoms with Crippen LogP contribution in [0.3, 0.4) is 0 Å². The average Bonchev–Trinajstić information content (AvgIpc) is 2.83. The highest BCUT2D eigenvalue weighted by molar-refractivity contribution is 5.89. The minimum Gasteiger partial charge on any atom is -0.497 e. The van der Waals surface area contributed by atoms with E-state index in [-0.39, 0.29) is 11.7 Å². The first-order valence-electron chi connectivity index (χ1n) is 13.6. The number of pyridine rings is 1. The van der Waals surface area contributed by atoms with Gasteiger partial charge < -0.3 is 18.8 Å². The number of benzene rings is 1. The number of aromatic nitrogens is 1. The zero-order valence-corrected chi connectivity index (χ0v) is 23.6. The second-order valence-corrected chi connectivity index (χ2v) is 10.1. The van der Waals surface area contributed by atoms with Gasteiger partial charge in [-0.1, -0.05) is 56.3 Å². The Morgan fingerprint density at radius 2 is 1.72 bits per heavy atom. The number of rotatable bonds is 16. The second-order valence-electron chi connectivity index (χ2n) is 10.1. The van der Waals surface area contributed by atoms with Gasteiger partial charge in [0, 0.05) is 18.0 Å². The van der Waals surface area contributed by atoms with Gasteiger partial charge in [-0.3, -0.25) is 4.79 Å². The van der Waals surface area contributed by atoms with Crippen LogP contribution in [0.2, 0.25) is 0 Å². The van der Waals surface area contributed by atoms with Crippen molar-refractivity contribution in [1.29, 1.82) is 0 Å². The van der Waals surface area contributed by atoms with Gasteiger partial charge in [-0.25, -0.2) is 0 Å². The van der Waals surface area contributed by atoms with Crippen LogP contribution in [0.4, 0.5) is 0 Å². The van der Waals surface area contributed by atoms with Gasteiger partial charge in [0.05, 0.1) is 18.7 Å². The van der Waals surface area contributed by atoms with Crippen LogP contribution in [-0.2, 0) is 6.54 Å². The third-order valence-electron chi connectivity index (χ3n) is 6.23. The molecule has 2 aromatic rings. The predicted molar refractivity (Wildman–Crippen MR) is 152 cm³/mol. The van der Waals surface area contributed by atoms with Gasteiger partial charge in [0.25, 0.3) is 5.56 Å². The Bertz CT molecular complexity index is 1070. The largest absolute Gasteiger partial charge is 0.497 e. The third-order valence-corrected chi connectivity index (χ3v) is 6.23. The molecule has 0 spiro atoms. The molecule has 0 N–H and O–H groups in total. The lowest BCUT2D eigenvalue weighted by Gasteiger charge is -2.20.